The van der Waals surface area contributed by atoms with E-state index in [0.717, 1.165) is 50.7 Å². The minimum Gasteiger partial charge on any atom is -0.490 e. The molecule has 1 saturated heterocycles. The molecule has 1 aliphatic heterocycles. The summed E-state index contributed by atoms with van der Waals surface area (Å²) in [5.74, 6) is 1.72. The second-order valence-electron chi connectivity index (χ2n) is 5.65. The summed E-state index contributed by atoms with van der Waals surface area (Å²) in [7, 11) is 0. The van der Waals surface area contributed by atoms with Gasteiger partial charge in [-0.05, 0) is 38.0 Å². The molecule has 1 fully saturated rings. The van der Waals surface area contributed by atoms with E-state index in [9.17, 15) is 0 Å². The smallest absolute Gasteiger partial charge is 0.161 e. The molecule has 0 amide bonds. The zero-order chi connectivity index (χ0) is 15.1. The minimum atomic E-state index is 0.567. The van der Waals surface area contributed by atoms with Crippen LogP contribution in [0.5, 0.6) is 11.5 Å². The van der Waals surface area contributed by atoms with Crippen molar-refractivity contribution in [1.29, 1.82) is 0 Å². The van der Waals surface area contributed by atoms with Gasteiger partial charge in [0.05, 0.1) is 13.2 Å². The summed E-state index contributed by atoms with van der Waals surface area (Å²) >= 11 is 0. The maximum Gasteiger partial charge on any atom is 0.161 e. The Labute approximate surface area is 128 Å². The van der Waals surface area contributed by atoms with E-state index in [0.29, 0.717) is 12.6 Å². The normalized spacial score (nSPS) is 19.5. The van der Waals surface area contributed by atoms with Crippen molar-refractivity contribution in [2.45, 2.75) is 39.8 Å². The zero-order valence-corrected chi connectivity index (χ0v) is 13.5. The maximum atomic E-state index is 5.75. The molecule has 0 unspecified atom stereocenters. The summed E-state index contributed by atoms with van der Waals surface area (Å²) in [6.45, 7) is 12.0. The molecule has 4 nitrogen and oxygen atoms in total. The second kappa shape index (κ2) is 8.25. The van der Waals surface area contributed by atoms with E-state index in [1.54, 1.807) is 0 Å². The number of benzene rings is 1. The van der Waals surface area contributed by atoms with Crippen molar-refractivity contribution < 1.29 is 9.47 Å². The summed E-state index contributed by atoms with van der Waals surface area (Å²) in [5, 5.41) is 3.48. The number of nitrogens with one attached hydrogen (secondary N) is 1. The van der Waals surface area contributed by atoms with Crippen molar-refractivity contribution >= 4 is 0 Å². The van der Waals surface area contributed by atoms with E-state index in [4.69, 9.17) is 9.47 Å². The lowest BCUT2D eigenvalue weighted by atomic mass is 10.1. The van der Waals surface area contributed by atoms with E-state index < -0.39 is 0 Å². The number of hydrogen-bond donors (Lipinski definition) is 1. The van der Waals surface area contributed by atoms with Crippen molar-refractivity contribution in [3.63, 3.8) is 0 Å². The van der Waals surface area contributed by atoms with Crippen LogP contribution in [-0.2, 0) is 6.54 Å². The summed E-state index contributed by atoms with van der Waals surface area (Å²) < 4.78 is 11.5. The molecule has 1 aliphatic rings. The van der Waals surface area contributed by atoms with Crippen LogP contribution >= 0.6 is 0 Å². The van der Waals surface area contributed by atoms with Crippen LogP contribution in [0.2, 0.25) is 0 Å². The Balaban J connectivity index is 2.03. The molecule has 0 spiro atoms. The van der Waals surface area contributed by atoms with Crippen LogP contribution in [-0.4, -0.2) is 43.8 Å². The molecular weight excluding hydrogens is 264 g/mol. The molecule has 0 saturated carbocycles. The first-order valence-electron chi connectivity index (χ1n) is 8.07. The molecule has 0 aromatic heterocycles. The van der Waals surface area contributed by atoms with Gasteiger partial charge in [-0.15, -0.1) is 0 Å². The third kappa shape index (κ3) is 4.90. The molecule has 1 atom stereocenters. The van der Waals surface area contributed by atoms with Crippen molar-refractivity contribution in [3.05, 3.63) is 23.8 Å². The van der Waals surface area contributed by atoms with Gasteiger partial charge in [-0.2, -0.15) is 0 Å². The van der Waals surface area contributed by atoms with Crippen LogP contribution in [0, 0.1) is 0 Å². The highest BCUT2D eigenvalue weighted by Gasteiger charge is 2.16. The Hall–Kier alpha value is -1.26. The van der Waals surface area contributed by atoms with Gasteiger partial charge < -0.3 is 14.8 Å². The molecule has 4 heteroatoms. The fourth-order valence-corrected chi connectivity index (χ4v) is 2.66. The van der Waals surface area contributed by atoms with Gasteiger partial charge in [0.1, 0.15) is 0 Å². The highest BCUT2D eigenvalue weighted by atomic mass is 16.5. The van der Waals surface area contributed by atoms with E-state index in [1.165, 1.54) is 5.56 Å². The Bertz CT molecular complexity index is 437. The lowest BCUT2D eigenvalue weighted by Crippen LogP contribution is -2.48. The Morgan fingerprint density at radius 2 is 2.10 bits per heavy atom. The highest BCUT2D eigenvalue weighted by molar-refractivity contribution is 5.43. The Kier molecular flexibility index (Phi) is 6.33. The predicted molar refractivity (Wildman–Crippen MR) is 86.1 cm³/mol. The van der Waals surface area contributed by atoms with Crippen LogP contribution in [0.4, 0.5) is 0 Å². The molecule has 0 aliphatic carbocycles. The summed E-state index contributed by atoms with van der Waals surface area (Å²) in [6.07, 6.45) is 1.01. The fourth-order valence-electron chi connectivity index (χ4n) is 2.66. The number of ether oxygens (including phenoxy) is 2. The van der Waals surface area contributed by atoms with Crippen LogP contribution in [0.3, 0.4) is 0 Å². The lowest BCUT2D eigenvalue weighted by molar-refractivity contribution is 0.199. The first-order valence-corrected chi connectivity index (χ1v) is 8.07. The minimum absolute atomic E-state index is 0.567. The lowest BCUT2D eigenvalue weighted by Gasteiger charge is -2.31. The second-order valence-corrected chi connectivity index (χ2v) is 5.65. The van der Waals surface area contributed by atoms with E-state index >= 15 is 0 Å². The quantitative estimate of drug-likeness (QED) is 0.838. The van der Waals surface area contributed by atoms with Crippen LogP contribution in [0.25, 0.3) is 0 Å². The van der Waals surface area contributed by atoms with Crippen molar-refractivity contribution in [2.75, 3.05) is 32.8 Å². The van der Waals surface area contributed by atoms with Gasteiger partial charge in [0.25, 0.3) is 0 Å². The SMILES string of the molecule is CCCOc1ccc(CN2CCN[C@@H](C)C2)cc1OCC. The average Bonchev–Trinajstić information content (AvgIpc) is 2.47. The average molecular weight is 292 g/mol. The van der Waals surface area contributed by atoms with Crippen molar-refractivity contribution in [2.24, 2.45) is 0 Å². The molecule has 1 aromatic rings. The van der Waals surface area contributed by atoms with Crippen LogP contribution in [0.1, 0.15) is 32.8 Å². The summed E-state index contributed by atoms with van der Waals surface area (Å²) in [4.78, 5) is 2.48. The van der Waals surface area contributed by atoms with Crippen LogP contribution in [0.15, 0.2) is 18.2 Å². The zero-order valence-electron chi connectivity index (χ0n) is 13.5. The summed E-state index contributed by atoms with van der Waals surface area (Å²) in [6, 6.07) is 6.89. The highest BCUT2D eigenvalue weighted by Crippen LogP contribution is 2.29. The largest absolute Gasteiger partial charge is 0.490 e. The summed E-state index contributed by atoms with van der Waals surface area (Å²) in [5.41, 5.74) is 1.29. The third-order valence-corrected chi connectivity index (χ3v) is 3.63. The molecular formula is C17H28N2O2. The van der Waals surface area contributed by atoms with Gasteiger partial charge in [-0.25, -0.2) is 0 Å². The molecule has 0 bridgehead atoms. The van der Waals surface area contributed by atoms with E-state index in [-0.39, 0.29) is 0 Å². The van der Waals surface area contributed by atoms with Crippen molar-refractivity contribution in [1.82, 2.24) is 10.2 Å². The molecule has 0 radical (unpaired) electrons. The van der Waals surface area contributed by atoms with Gasteiger partial charge in [0, 0.05) is 32.2 Å². The standard InChI is InChI=1S/C17H28N2O2/c1-4-10-21-16-7-6-15(11-17(16)20-5-2)13-19-9-8-18-14(3)12-19/h6-7,11,14,18H,4-5,8-10,12-13H2,1-3H3/t14-/m0/s1. The van der Waals surface area contributed by atoms with Gasteiger partial charge in [0.15, 0.2) is 11.5 Å². The van der Waals surface area contributed by atoms with E-state index in [2.05, 4.69) is 36.2 Å². The monoisotopic (exact) mass is 292 g/mol. The topological polar surface area (TPSA) is 33.7 Å². The number of hydrogen-bond acceptors (Lipinski definition) is 4. The number of rotatable bonds is 7. The molecule has 118 valence electrons. The van der Waals surface area contributed by atoms with Crippen LogP contribution < -0.4 is 14.8 Å². The van der Waals surface area contributed by atoms with E-state index in [1.807, 2.05) is 13.0 Å². The van der Waals surface area contributed by atoms with Crippen molar-refractivity contribution in [3.8, 4) is 11.5 Å². The molecule has 1 N–H and O–H groups in total. The third-order valence-electron chi connectivity index (χ3n) is 3.63. The van der Waals surface area contributed by atoms with Gasteiger partial charge in [0.2, 0.25) is 0 Å². The van der Waals surface area contributed by atoms with Gasteiger partial charge in [-0.3, -0.25) is 4.90 Å². The van der Waals surface area contributed by atoms with Gasteiger partial charge in [-0.1, -0.05) is 13.0 Å². The molecule has 21 heavy (non-hydrogen) atoms. The molecule has 1 heterocycles. The molecule has 1 aromatic carbocycles. The predicted octanol–water partition coefficient (Wildman–Crippen LogP) is 2.67. The number of nitrogens with zero attached hydrogens (tertiary/aromatic N) is 1. The van der Waals surface area contributed by atoms with Gasteiger partial charge >= 0.3 is 0 Å². The Morgan fingerprint density at radius 3 is 2.81 bits per heavy atom. The maximum absolute atomic E-state index is 5.75. The first kappa shape index (κ1) is 16.1. The Morgan fingerprint density at radius 1 is 1.24 bits per heavy atom. The first-order chi connectivity index (χ1) is 10.2. The number of piperazine rings is 1. The fraction of sp³-hybridized carbons (Fsp3) is 0.647. The molecule has 2 rings (SSSR count).